The summed E-state index contributed by atoms with van der Waals surface area (Å²) in [5.74, 6) is -0.764. The molecule has 0 amide bonds. The van der Waals surface area contributed by atoms with Crippen molar-refractivity contribution in [1.29, 1.82) is 0 Å². The summed E-state index contributed by atoms with van der Waals surface area (Å²) in [6.45, 7) is 0. The molecule has 0 saturated carbocycles. The number of carboxylic acid groups (broad SMARTS) is 1. The third-order valence-electron chi connectivity index (χ3n) is 1.75. The molecule has 0 saturated heterocycles. The Morgan fingerprint density at radius 2 is 2.00 bits per heavy atom. The predicted octanol–water partition coefficient (Wildman–Crippen LogP) is 2.13. The Morgan fingerprint density at radius 3 is 2.73 bits per heavy atom. The van der Waals surface area contributed by atoms with E-state index < -0.39 is 5.97 Å². The van der Waals surface area contributed by atoms with Gasteiger partial charge < -0.3 is 5.11 Å². The molecule has 0 atom stereocenters. The molecule has 60 valence electrons. The summed E-state index contributed by atoms with van der Waals surface area (Å²) in [6, 6.07) is 0. The SMILES string of the molecule is O=C(O)/C1=C/CC/C=C\CC1. The monoisotopic (exact) mass is 152 g/mol. The fourth-order valence-corrected chi connectivity index (χ4v) is 1.12. The van der Waals surface area contributed by atoms with Gasteiger partial charge in [0.15, 0.2) is 0 Å². The zero-order valence-electron chi connectivity index (χ0n) is 6.42. The number of allylic oxidation sites excluding steroid dienone is 3. The van der Waals surface area contributed by atoms with Crippen molar-refractivity contribution < 1.29 is 9.90 Å². The van der Waals surface area contributed by atoms with Gasteiger partial charge >= 0.3 is 5.97 Å². The van der Waals surface area contributed by atoms with Gasteiger partial charge in [0.05, 0.1) is 0 Å². The second-order valence-corrected chi connectivity index (χ2v) is 2.62. The fourth-order valence-electron chi connectivity index (χ4n) is 1.12. The molecule has 11 heavy (non-hydrogen) atoms. The van der Waals surface area contributed by atoms with Crippen molar-refractivity contribution in [1.82, 2.24) is 0 Å². The maximum absolute atomic E-state index is 10.5. The van der Waals surface area contributed by atoms with E-state index in [9.17, 15) is 4.79 Å². The van der Waals surface area contributed by atoms with Crippen LogP contribution in [0.25, 0.3) is 0 Å². The molecule has 0 aromatic rings. The molecule has 0 aliphatic heterocycles. The Bertz CT molecular complexity index is 202. The van der Waals surface area contributed by atoms with Crippen molar-refractivity contribution in [3.63, 3.8) is 0 Å². The van der Waals surface area contributed by atoms with E-state index in [0.29, 0.717) is 12.0 Å². The molecule has 2 nitrogen and oxygen atoms in total. The maximum Gasteiger partial charge on any atom is 0.331 e. The van der Waals surface area contributed by atoms with Crippen LogP contribution >= 0.6 is 0 Å². The van der Waals surface area contributed by atoms with E-state index >= 15 is 0 Å². The summed E-state index contributed by atoms with van der Waals surface area (Å²) >= 11 is 0. The third kappa shape index (κ3) is 2.58. The van der Waals surface area contributed by atoms with Crippen LogP contribution < -0.4 is 0 Å². The van der Waals surface area contributed by atoms with Crippen LogP contribution in [-0.2, 0) is 4.79 Å². The molecule has 0 aromatic carbocycles. The summed E-state index contributed by atoms with van der Waals surface area (Å²) in [6.07, 6.45) is 9.34. The first-order valence-electron chi connectivity index (χ1n) is 3.88. The molecular formula is C9H12O2. The van der Waals surface area contributed by atoms with E-state index in [2.05, 4.69) is 12.2 Å². The van der Waals surface area contributed by atoms with Gasteiger partial charge in [0, 0.05) is 5.57 Å². The molecule has 1 N–H and O–H groups in total. The van der Waals surface area contributed by atoms with E-state index in [0.717, 1.165) is 19.3 Å². The van der Waals surface area contributed by atoms with Crippen LogP contribution in [0.5, 0.6) is 0 Å². The highest BCUT2D eigenvalue weighted by Gasteiger charge is 2.05. The minimum atomic E-state index is -0.764. The average molecular weight is 152 g/mol. The Labute approximate surface area is 66.2 Å². The van der Waals surface area contributed by atoms with Crippen molar-refractivity contribution in [2.45, 2.75) is 25.7 Å². The molecule has 0 heterocycles. The van der Waals surface area contributed by atoms with E-state index in [1.807, 2.05) is 6.08 Å². The smallest absolute Gasteiger partial charge is 0.331 e. The normalized spacial score (nSPS) is 26.0. The van der Waals surface area contributed by atoms with E-state index in [4.69, 9.17) is 5.11 Å². The Balaban J connectivity index is 2.57. The van der Waals surface area contributed by atoms with Crippen LogP contribution in [0.3, 0.4) is 0 Å². The Morgan fingerprint density at radius 1 is 1.27 bits per heavy atom. The second-order valence-electron chi connectivity index (χ2n) is 2.62. The van der Waals surface area contributed by atoms with Crippen LogP contribution in [0.1, 0.15) is 25.7 Å². The van der Waals surface area contributed by atoms with Crippen molar-refractivity contribution in [3.05, 3.63) is 23.8 Å². The fraction of sp³-hybridized carbons (Fsp3) is 0.444. The number of rotatable bonds is 1. The van der Waals surface area contributed by atoms with Crippen LogP contribution in [0.2, 0.25) is 0 Å². The van der Waals surface area contributed by atoms with Gasteiger partial charge in [0.2, 0.25) is 0 Å². The zero-order chi connectivity index (χ0) is 8.10. The van der Waals surface area contributed by atoms with Gasteiger partial charge in [0.1, 0.15) is 0 Å². The van der Waals surface area contributed by atoms with Gasteiger partial charge in [-0.1, -0.05) is 18.2 Å². The molecule has 0 bridgehead atoms. The first-order chi connectivity index (χ1) is 5.30. The highest BCUT2D eigenvalue weighted by atomic mass is 16.4. The van der Waals surface area contributed by atoms with Crippen LogP contribution in [-0.4, -0.2) is 11.1 Å². The molecule has 0 aromatic heterocycles. The highest BCUT2D eigenvalue weighted by molar-refractivity contribution is 5.86. The van der Waals surface area contributed by atoms with Gasteiger partial charge in [-0.05, 0) is 25.7 Å². The maximum atomic E-state index is 10.5. The van der Waals surface area contributed by atoms with Gasteiger partial charge in [0.25, 0.3) is 0 Å². The quantitative estimate of drug-likeness (QED) is 0.584. The molecule has 0 radical (unpaired) electrons. The molecule has 1 rings (SSSR count). The average Bonchev–Trinajstić information content (AvgIpc) is 1.84. The predicted molar refractivity (Wildman–Crippen MR) is 43.3 cm³/mol. The Hall–Kier alpha value is -1.05. The first kappa shape index (κ1) is 8.05. The minimum Gasteiger partial charge on any atom is -0.478 e. The summed E-state index contributed by atoms with van der Waals surface area (Å²) in [7, 11) is 0. The molecule has 1 aliphatic carbocycles. The molecule has 0 unspecified atom stereocenters. The van der Waals surface area contributed by atoms with Crippen LogP contribution in [0.4, 0.5) is 0 Å². The highest BCUT2D eigenvalue weighted by Crippen LogP contribution is 2.11. The summed E-state index contributed by atoms with van der Waals surface area (Å²) in [5.41, 5.74) is 0.564. The van der Waals surface area contributed by atoms with Gasteiger partial charge in [-0.15, -0.1) is 0 Å². The van der Waals surface area contributed by atoms with E-state index in [1.165, 1.54) is 0 Å². The standard InChI is InChI=1S/C9H12O2/c10-9(11)8-6-4-2-1-3-5-7-8/h1-2,7H,3-6H2,(H,10,11)/b2-1-,8-7+. The van der Waals surface area contributed by atoms with Crippen molar-refractivity contribution >= 4 is 5.97 Å². The Kier molecular flexibility index (Phi) is 2.90. The van der Waals surface area contributed by atoms with Gasteiger partial charge in [-0.3, -0.25) is 0 Å². The number of carbonyl (C=O) groups is 1. The number of hydrogen-bond donors (Lipinski definition) is 1. The summed E-state index contributed by atoms with van der Waals surface area (Å²) in [5, 5.41) is 8.66. The van der Waals surface area contributed by atoms with Gasteiger partial charge in [-0.25, -0.2) is 4.79 Å². The third-order valence-corrected chi connectivity index (χ3v) is 1.75. The van der Waals surface area contributed by atoms with Crippen molar-refractivity contribution in [2.24, 2.45) is 0 Å². The van der Waals surface area contributed by atoms with Crippen LogP contribution in [0, 0.1) is 0 Å². The van der Waals surface area contributed by atoms with Gasteiger partial charge in [-0.2, -0.15) is 0 Å². The lowest BCUT2D eigenvalue weighted by Gasteiger charge is -2.02. The first-order valence-corrected chi connectivity index (χ1v) is 3.88. The molecular weight excluding hydrogens is 140 g/mol. The lowest BCUT2D eigenvalue weighted by atomic mass is 10.1. The van der Waals surface area contributed by atoms with E-state index in [-0.39, 0.29) is 0 Å². The minimum absolute atomic E-state index is 0.564. The molecule has 0 fully saturated rings. The summed E-state index contributed by atoms with van der Waals surface area (Å²) < 4.78 is 0. The number of aliphatic carboxylic acids is 1. The van der Waals surface area contributed by atoms with Crippen molar-refractivity contribution in [2.75, 3.05) is 0 Å². The second kappa shape index (κ2) is 3.96. The zero-order valence-corrected chi connectivity index (χ0v) is 6.42. The number of hydrogen-bond acceptors (Lipinski definition) is 1. The van der Waals surface area contributed by atoms with E-state index in [1.54, 1.807) is 0 Å². The topological polar surface area (TPSA) is 37.3 Å². The summed E-state index contributed by atoms with van der Waals surface area (Å²) in [4.78, 5) is 10.5. The largest absolute Gasteiger partial charge is 0.478 e. The molecule has 1 aliphatic rings. The van der Waals surface area contributed by atoms with Crippen molar-refractivity contribution in [3.8, 4) is 0 Å². The van der Waals surface area contributed by atoms with Crippen LogP contribution in [0.15, 0.2) is 23.8 Å². The lowest BCUT2D eigenvalue weighted by Crippen LogP contribution is -2.00. The lowest BCUT2D eigenvalue weighted by molar-refractivity contribution is -0.132. The molecule has 0 spiro atoms. The molecule has 2 heteroatoms. The number of carboxylic acids is 1.